The molecule has 0 aromatic heterocycles. The molecule has 4 aliphatic rings. The van der Waals surface area contributed by atoms with Gasteiger partial charge in [-0.2, -0.15) is 0 Å². The Kier molecular flexibility index (Phi) is 9.79. The summed E-state index contributed by atoms with van der Waals surface area (Å²) in [5.41, 5.74) is 10.7. The fourth-order valence-electron chi connectivity index (χ4n) is 4.40. The molecule has 0 saturated heterocycles. The van der Waals surface area contributed by atoms with Crippen LogP contribution in [0.3, 0.4) is 0 Å². The molecule has 2 nitrogen and oxygen atoms in total. The molecule has 0 N–H and O–H groups in total. The van der Waals surface area contributed by atoms with Gasteiger partial charge in [0, 0.05) is 35.9 Å². The summed E-state index contributed by atoms with van der Waals surface area (Å²) in [5.74, 6) is 0. The van der Waals surface area contributed by atoms with Crippen LogP contribution in [0.2, 0.25) is 0 Å². The van der Waals surface area contributed by atoms with E-state index in [0.29, 0.717) is 0 Å². The largest absolute Gasteiger partial charge is 2.00 e. The number of halogens is 2. The molecule has 0 amide bonds. The van der Waals surface area contributed by atoms with Crippen LogP contribution in [0.4, 0.5) is 11.4 Å². The Bertz CT molecular complexity index is 1070. The van der Waals surface area contributed by atoms with Crippen molar-refractivity contribution in [2.24, 2.45) is 0 Å². The number of fused-ring (bicyclic) bond motifs is 2. The first-order chi connectivity index (χ1) is 14.7. The van der Waals surface area contributed by atoms with Crippen LogP contribution in [0.1, 0.15) is 13.8 Å². The Morgan fingerprint density at radius 3 is 1.27 bits per heavy atom. The first kappa shape index (κ1) is 27.2. The van der Waals surface area contributed by atoms with E-state index in [0.717, 1.165) is 13.1 Å². The number of nitrogens with zero attached hydrogens (tertiary/aromatic N) is 2. The van der Waals surface area contributed by atoms with E-state index < -0.39 is 0 Å². The summed E-state index contributed by atoms with van der Waals surface area (Å²) < 4.78 is 0. The number of para-hydroxylation sites is 2. The molecule has 2 aliphatic carbocycles. The zero-order valence-electron chi connectivity index (χ0n) is 18.8. The minimum Gasteiger partial charge on any atom is -1.00 e. The average Bonchev–Trinajstić information content (AvgIpc) is 3.50. The summed E-state index contributed by atoms with van der Waals surface area (Å²) in [7, 11) is 0. The summed E-state index contributed by atoms with van der Waals surface area (Å²) in [5, 5.41) is 0. The fourth-order valence-corrected chi connectivity index (χ4v) is 4.40. The maximum Gasteiger partial charge on any atom is 2.00 e. The van der Waals surface area contributed by atoms with Crippen LogP contribution in [-0.4, -0.2) is 13.1 Å². The summed E-state index contributed by atoms with van der Waals surface area (Å²) >= 11 is 0. The van der Waals surface area contributed by atoms with Gasteiger partial charge in [0.15, 0.2) is 0 Å². The quantitative estimate of drug-likeness (QED) is 0.538. The smallest absolute Gasteiger partial charge is 1.00 e. The number of anilines is 2. The molecule has 0 bridgehead atoms. The van der Waals surface area contributed by atoms with Gasteiger partial charge in [0.2, 0.25) is 0 Å². The SMILES string of the molecule is CC1=CC2=CCN(c3ccccc3)C2=C1.CC1=CC2=CCN(c3ccccc3)C2=C1.[Cl-].[Cl-].[Zr+2]. The monoisotopic (exact) mass is 550 g/mol. The Balaban J connectivity index is 0.000000214. The van der Waals surface area contributed by atoms with Crippen molar-refractivity contribution in [1.29, 1.82) is 0 Å². The average molecular weight is 553 g/mol. The van der Waals surface area contributed by atoms with Crippen LogP contribution in [0, 0.1) is 0 Å². The molecule has 0 saturated carbocycles. The Morgan fingerprint density at radius 2 is 0.909 bits per heavy atom. The Morgan fingerprint density at radius 1 is 0.545 bits per heavy atom. The zero-order valence-corrected chi connectivity index (χ0v) is 22.8. The van der Waals surface area contributed by atoms with Gasteiger partial charge >= 0.3 is 26.2 Å². The molecule has 33 heavy (non-hydrogen) atoms. The number of allylic oxidation sites excluding steroid dienone is 6. The van der Waals surface area contributed by atoms with Crippen molar-refractivity contribution in [3.8, 4) is 0 Å². The molecule has 2 aliphatic heterocycles. The third kappa shape index (κ3) is 5.72. The van der Waals surface area contributed by atoms with E-state index in [9.17, 15) is 0 Å². The van der Waals surface area contributed by atoms with Crippen molar-refractivity contribution < 1.29 is 51.0 Å². The van der Waals surface area contributed by atoms with Crippen molar-refractivity contribution in [1.82, 2.24) is 0 Å². The zero-order chi connectivity index (χ0) is 20.5. The van der Waals surface area contributed by atoms with Crippen LogP contribution in [0.5, 0.6) is 0 Å². The van der Waals surface area contributed by atoms with Gasteiger partial charge in [0.1, 0.15) is 0 Å². The summed E-state index contributed by atoms with van der Waals surface area (Å²) in [4.78, 5) is 4.70. The van der Waals surface area contributed by atoms with E-state index in [4.69, 9.17) is 0 Å². The molecule has 2 heterocycles. The minimum absolute atomic E-state index is 0. The van der Waals surface area contributed by atoms with Crippen LogP contribution < -0.4 is 34.6 Å². The van der Waals surface area contributed by atoms with E-state index in [1.165, 1.54) is 45.1 Å². The van der Waals surface area contributed by atoms with E-state index >= 15 is 0 Å². The van der Waals surface area contributed by atoms with Crippen molar-refractivity contribution in [3.05, 3.63) is 131 Å². The standard InChI is InChI=1S/2C14H13N.2ClH.Zr/c2*1-11-9-12-7-8-15(14(12)10-11)13-5-3-2-4-6-13;;;/h2*2-7,9-10H,8H2,1H3;2*1H;/q;;;;+2/p-2. The topological polar surface area (TPSA) is 6.48 Å². The molecule has 0 radical (unpaired) electrons. The number of hydrogen-bond donors (Lipinski definition) is 0. The van der Waals surface area contributed by atoms with Crippen molar-refractivity contribution in [2.45, 2.75) is 13.8 Å². The minimum atomic E-state index is 0. The normalized spacial score (nSPS) is 16.8. The van der Waals surface area contributed by atoms with Crippen LogP contribution in [0.15, 0.2) is 131 Å². The third-order valence-electron chi connectivity index (χ3n) is 5.79. The van der Waals surface area contributed by atoms with E-state index in [-0.39, 0.29) is 51.0 Å². The Labute approximate surface area is 228 Å². The van der Waals surface area contributed by atoms with Gasteiger partial charge in [-0.3, -0.25) is 0 Å². The van der Waals surface area contributed by atoms with Crippen LogP contribution in [0.25, 0.3) is 0 Å². The molecule has 166 valence electrons. The van der Waals surface area contributed by atoms with E-state index in [1.807, 2.05) is 0 Å². The number of rotatable bonds is 2. The maximum absolute atomic E-state index is 2.35. The van der Waals surface area contributed by atoms with Crippen molar-refractivity contribution >= 4 is 11.4 Å². The van der Waals surface area contributed by atoms with Gasteiger partial charge in [-0.15, -0.1) is 0 Å². The second kappa shape index (κ2) is 11.9. The summed E-state index contributed by atoms with van der Waals surface area (Å²) in [6.07, 6.45) is 13.6. The van der Waals surface area contributed by atoms with Crippen LogP contribution >= 0.6 is 0 Å². The molecule has 0 fully saturated rings. The second-order valence-electron chi connectivity index (χ2n) is 8.05. The van der Waals surface area contributed by atoms with Crippen LogP contribution in [-0.2, 0) is 26.2 Å². The summed E-state index contributed by atoms with van der Waals surface area (Å²) in [6.45, 7) is 6.29. The van der Waals surface area contributed by atoms with Gasteiger partial charge in [-0.25, -0.2) is 0 Å². The van der Waals surface area contributed by atoms with Crippen molar-refractivity contribution in [3.63, 3.8) is 0 Å². The first-order valence-corrected chi connectivity index (χ1v) is 10.6. The van der Waals surface area contributed by atoms with Gasteiger partial charge in [-0.1, -0.05) is 60.7 Å². The number of benzene rings is 2. The fraction of sp³-hybridized carbons (Fsp3) is 0.143. The molecule has 0 atom stereocenters. The first-order valence-electron chi connectivity index (χ1n) is 10.6. The maximum atomic E-state index is 2.35. The molecule has 0 spiro atoms. The molecular weight excluding hydrogens is 526 g/mol. The molecule has 6 rings (SSSR count). The molecular formula is C28H26Cl2N2Zr. The van der Waals surface area contributed by atoms with Gasteiger partial charge in [-0.05, 0) is 72.6 Å². The molecule has 0 unspecified atom stereocenters. The predicted octanol–water partition coefficient (Wildman–Crippen LogP) is 0.559. The molecule has 2 aromatic carbocycles. The van der Waals surface area contributed by atoms with E-state index in [2.05, 4.69) is 121 Å². The van der Waals surface area contributed by atoms with Crippen molar-refractivity contribution in [2.75, 3.05) is 22.9 Å². The van der Waals surface area contributed by atoms with E-state index in [1.54, 1.807) is 0 Å². The second-order valence-corrected chi connectivity index (χ2v) is 8.05. The van der Waals surface area contributed by atoms with Gasteiger partial charge < -0.3 is 34.6 Å². The third-order valence-corrected chi connectivity index (χ3v) is 5.79. The van der Waals surface area contributed by atoms with Gasteiger partial charge in [0.25, 0.3) is 0 Å². The summed E-state index contributed by atoms with van der Waals surface area (Å²) in [6, 6.07) is 21.1. The predicted molar refractivity (Wildman–Crippen MR) is 127 cm³/mol. The number of hydrogen-bond acceptors (Lipinski definition) is 2. The Hall–Kier alpha value is -2.06. The molecule has 2 aromatic rings. The molecule has 5 heteroatoms. The van der Waals surface area contributed by atoms with Gasteiger partial charge in [0.05, 0.1) is 0 Å².